The van der Waals surface area contributed by atoms with Gasteiger partial charge in [0.05, 0.1) is 16.1 Å². The number of anilines is 1. The number of ether oxygens (including phenoxy) is 1. The monoisotopic (exact) mass is 420 g/mol. The molecular weight excluding hydrogens is 392 g/mol. The van der Waals surface area contributed by atoms with E-state index in [-0.39, 0.29) is 16.8 Å². The number of nitrogens with one attached hydrogen (secondary N) is 1. The number of rotatable bonds is 8. The Balaban J connectivity index is 1.81. The molecule has 1 aromatic carbocycles. The predicted molar refractivity (Wildman–Crippen MR) is 112 cm³/mol. The van der Waals surface area contributed by atoms with Gasteiger partial charge in [0, 0.05) is 37.9 Å². The van der Waals surface area contributed by atoms with E-state index in [4.69, 9.17) is 4.74 Å². The highest BCUT2D eigenvalue weighted by molar-refractivity contribution is 7.90. The molecule has 0 aliphatic carbocycles. The molecule has 1 aliphatic heterocycles. The number of aryl methyl sites for hydroxylation is 1. The Kier molecular flexibility index (Phi) is 6.69. The fourth-order valence-corrected chi connectivity index (χ4v) is 4.18. The first kappa shape index (κ1) is 21.4. The van der Waals surface area contributed by atoms with Crippen LogP contribution in [0.25, 0.3) is 10.9 Å². The molecule has 2 heterocycles. The summed E-state index contributed by atoms with van der Waals surface area (Å²) >= 11 is 0. The Morgan fingerprint density at radius 2 is 2.14 bits per heavy atom. The minimum atomic E-state index is -3.33. The van der Waals surface area contributed by atoms with Crippen LogP contribution < -0.4 is 10.2 Å². The van der Waals surface area contributed by atoms with Gasteiger partial charge in [-0.3, -0.25) is 4.79 Å². The number of aromatic nitrogens is 2. The van der Waals surface area contributed by atoms with Crippen LogP contribution >= 0.6 is 0 Å². The summed E-state index contributed by atoms with van der Waals surface area (Å²) in [6, 6.07) is 4.55. The Morgan fingerprint density at radius 3 is 2.86 bits per heavy atom. The van der Waals surface area contributed by atoms with E-state index in [1.807, 2.05) is 18.7 Å². The van der Waals surface area contributed by atoms with Crippen LogP contribution in [0.4, 0.5) is 5.95 Å². The average molecular weight is 421 g/mol. The van der Waals surface area contributed by atoms with Crippen molar-refractivity contribution in [3.8, 4) is 0 Å². The molecule has 1 saturated heterocycles. The van der Waals surface area contributed by atoms with Crippen molar-refractivity contribution in [3.05, 3.63) is 23.9 Å². The Morgan fingerprint density at radius 1 is 1.34 bits per heavy atom. The van der Waals surface area contributed by atoms with Crippen LogP contribution in [0, 0.1) is 6.92 Å². The lowest BCUT2D eigenvalue weighted by atomic mass is 10.2. The summed E-state index contributed by atoms with van der Waals surface area (Å²) < 4.78 is 29.1. The first-order chi connectivity index (χ1) is 13.8. The first-order valence-electron chi connectivity index (χ1n) is 9.92. The quantitative estimate of drug-likeness (QED) is 0.650. The summed E-state index contributed by atoms with van der Waals surface area (Å²) in [6.45, 7) is 6.36. The number of nitrogens with zero attached hydrogens (tertiary/aromatic N) is 3. The van der Waals surface area contributed by atoms with Crippen LogP contribution in [0.2, 0.25) is 0 Å². The van der Waals surface area contributed by atoms with Crippen LogP contribution in [0.5, 0.6) is 0 Å². The number of carbonyl (C=O) groups is 1. The number of hydrogen-bond acceptors (Lipinski definition) is 7. The topological polar surface area (TPSA) is 101 Å². The van der Waals surface area contributed by atoms with Gasteiger partial charge in [-0.05, 0) is 51.3 Å². The van der Waals surface area contributed by atoms with Crippen LogP contribution in [-0.2, 0) is 19.4 Å². The smallest absolute Gasteiger partial charge is 0.242 e. The zero-order chi connectivity index (χ0) is 21.0. The molecule has 29 heavy (non-hydrogen) atoms. The van der Waals surface area contributed by atoms with E-state index in [1.165, 1.54) is 6.26 Å². The second kappa shape index (κ2) is 9.04. The van der Waals surface area contributed by atoms with Gasteiger partial charge in [0.15, 0.2) is 9.84 Å². The van der Waals surface area contributed by atoms with Crippen molar-refractivity contribution in [2.75, 3.05) is 37.5 Å². The van der Waals surface area contributed by atoms with Gasteiger partial charge in [0.1, 0.15) is 6.04 Å². The normalized spacial score (nSPS) is 17.1. The van der Waals surface area contributed by atoms with Gasteiger partial charge in [-0.15, -0.1) is 0 Å². The second-order valence-corrected chi connectivity index (χ2v) is 9.27. The molecule has 8 nitrogen and oxygen atoms in total. The molecule has 0 radical (unpaired) electrons. The van der Waals surface area contributed by atoms with Crippen molar-refractivity contribution in [1.29, 1.82) is 0 Å². The molecule has 9 heteroatoms. The summed E-state index contributed by atoms with van der Waals surface area (Å²) in [6.07, 6.45) is 3.56. The van der Waals surface area contributed by atoms with Gasteiger partial charge in [-0.1, -0.05) is 0 Å². The zero-order valence-corrected chi connectivity index (χ0v) is 18.0. The number of sulfone groups is 1. The lowest BCUT2D eigenvalue weighted by Crippen LogP contribution is -2.44. The number of carbonyl (C=O) groups excluding carboxylic acids is 1. The molecule has 0 saturated carbocycles. The van der Waals surface area contributed by atoms with Crippen LogP contribution in [0.1, 0.15) is 31.9 Å². The molecule has 3 rings (SSSR count). The molecule has 0 spiro atoms. The molecule has 1 atom stereocenters. The van der Waals surface area contributed by atoms with Crippen molar-refractivity contribution in [2.24, 2.45) is 0 Å². The van der Waals surface area contributed by atoms with E-state index < -0.39 is 9.84 Å². The SMILES string of the molecule is CCOCCCNC(=O)[C@H]1CCCN1c1nc(C)c2ccc(S(C)(=O)=O)cc2n1. The minimum absolute atomic E-state index is 0.0368. The van der Waals surface area contributed by atoms with Crippen molar-refractivity contribution in [2.45, 2.75) is 44.0 Å². The number of hydrogen-bond donors (Lipinski definition) is 1. The molecule has 1 amide bonds. The van der Waals surface area contributed by atoms with E-state index in [0.29, 0.717) is 37.8 Å². The standard InChI is InChI=1S/C20H28N4O4S/c1-4-28-12-6-10-21-19(25)18-7-5-11-24(18)20-22-14(2)16-9-8-15(29(3,26)27)13-17(16)23-20/h8-9,13,18H,4-7,10-12H2,1-3H3,(H,21,25)/t18-/m1/s1. The highest BCUT2D eigenvalue weighted by atomic mass is 32.2. The van der Waals surface area contributed by atoms with Crippen LogP contribution in [0.3, 0.4) is 0 Å². The van der Waals surface area contributed by atoms with Gasteiger partial charge in [-0.25, -0.2) is 18.4 Å². The van der Waals surface area contributed by atoms with Crippen molar-refractivity contribution < 1.29 is 17.9 Å². The molecule has 1 aromatic heterocycles. The highest BCUT2D eigenvalue weighted by Crippen LogP contribution is 2.27. The maximum Gasteiger partial charge on any atom is 0.242 e. The fraction of sp³-hybridized carbons (Fsp3) is 0.550. The zero-order valence-electron chi connectivity index (χ0n) is 17.1. The van der Waals surface area contributed by atoms with Crippen LogP contribution in [0.15, 0.2) is 23.1 Å². The lowest BCUT2D eigenvalue weighted by Gasteiger charge is -2.24. The maximum atomic E-state index is 12.7. The molecule has 0 bridgehead atoms. The predicted octanol–water partition coefficient (Wildman–Crippen LogP) is 1.85. The Labute approximate surface area is 171 Å². The molecule has 0 unspecified atom stereocenters. The maximum absolute atomic E-state index is 12.7. The van der Waals surface area contributed by atoms with E-state index in [0.717, 1.165) is 30.3 Å². The Hall–Kier alpha value is -2.26. The summed E-state index contributed by atoms with van der Waals surface area (Å²) in [4.78, 5) is 24.0. The lowest BCUT2D eigenvalue weighted by molar-refractivity contribution is -0.122. The molecule has 1 aliphatic rings. The third-order valence-electron chi connectivity index (χ3n) is 5.06. The Bertz CT molecular complexity index is 993. The molecule has 158 valence electrons. The summed E-state index contributed by atoms with van der Waals surface area (Å²) in [7, 11) is -3.33. The fourth-order valence-electron chi connectivity index (χ4n) is 3.54. The van der Waals surface area contributed by atoms with E-state index >= 15 is 0 Å². The first-order valence-corrected chi connectivity index (χ1v) is 11.8. The van der Waals surface area contributed by atoms with Crippen molar-refractivity contribution in [3.63, 3.8) is 0 Å². The van der Waals surface area contributed by atoms with Gasteiger partial charge < -0.3 is 15.0 Å². The minimum Gasteiger partial charge on any atom is -0.382 e. The highest BCUT2D eigenvalue weighted by Gasteiger charge is 2.32. The summed E-state index contributed by atoms with van der Waals surface area (Å²) in [5.74, 6) is 0.429. The summed E-state index contributed by atoms with van der Waals surface area (Å²) in [5, 5.41) is 3.77. The molecule has 1 fully saturated rings. The largest absolute Gasteiger partial charge is 0.382 e. The molecule has 2 aromatic rings. The van der Waals surface area contributed by atoms with E-state index in [2.05, 4.69) is 15.3 Å². The number of fused-ring (bicyclic) bond motifs is 1. The van der Waals surface area contributed by atoms with Gasteiger partial charge in [0.2, 0.25) is 11.9 Å². The third-order valence-corrected chi connectivity index (χ3v) is 6.17. The third kappa shape index (κ3) is 5.02. The van der Waals surface area contributed by atoms with Gasteiger partial charge in [0.25, 0.3) is 0 Å². The van der Waals surface area contributed by atoms with Crippen molar-refractivity contribution >= 4 is 32.6 Å². The van der Waals surface area contributed by atoms with Gasteiger partial charge >= 0.3 is 0 Å². The second-order valence-electron chi connectivity index (χ2n) is 7.25. The summed E-state index contributed by atoms with van der Waals surface area (Å²) in [5.41, 5.74) is 1.33. The molecular formula is C20H28N4O4S. The molecule has 1 N–H and O–H groups in total. The number of amides is 1. The van der Waals surface area contributed by atoms with E-state index in [1.54, 1.807) is 18.2 Å². The van der Waals surface area contributed by atoms with Crippen molar-refractivity contribution in [1.82, 2.24) is 15.3 Å². The average Bonchev–Trinajstić information content (AvgIpc) is 3.16. The van der Waals surface area contributed by atoms with E-state index in [9.17, 15) is 13.2 Å². The number of benzene rings is 1. The van der Waals surface area contributed by atoms with Gasteiger partial charge in [-0.2, -0.15) is 0 Å². The van der Waals surface area contributed by atoms with Crippen LogP contribution in [-0.4, -0.2) is 62.9 Å².